The summed E-state index contributed by atoms with van der Waals surface area (Å²) in [5.74, 6) is -0.0627. The number of benzene rings is 1. The second-order valence-corrected chi connectivity index (χ2v) is 6.62. The van der Waals surface area contributed by atoms with Gasteiger partial charge in [-0.15, -0.1) is 0 Å². The highest BCUT2D eigenvalue weighted by Crippen LogP contribution is 2.28. The molecule has 1 heterocycles. The lowest BCUT2D eigenvalue weighted by atomic mass is 9.87. The number of nitrogens with one attached hydrogen (secondary N) is 2. The molecule has 1 aromatic rings. The molecule has 3 rings (SSSR count). The van der Waals surface area contributed by atoms with Crippen LogP contribution in [0.3, 0.4) is 0 Å². The lowest BCUT2D eigenvalue weighted by molar-refractivity contribution is -0.126. The third kappa shape index (κ3) is 3.32. The van der Waals surface area contributed by atoms with Gasteiger partial charge in [-0.1, -0.05) is 25.0 Å². The molecule has 2 atom stereocenters. The molecule has 1 saturated heterocycles. The fourth-order valence-corrected chi connectivity index (χ4v) is 3.67. The lowest BCUT2D eigenvalue weighted by Crippen LogP contribution is -2.63. The Morgan fingerprint density at radius 3 is 2.88 bits per heavy atom. The van der Waals surface area contributed by atoms with Gasteiger partial charge in [-0.2, -0.15) is 0 Å². The smallest absolute Gasteiger partial charge is 0.322 e. The van der Waals surface area contributed by atoms with Crippen molar-refractivity contribution in [3.05, 3.63) is 24.3 Å². The molecule has 1 aromatic carbocycles. The van der Waals surface area contributed by atoms with Gasteiger partial charge in [-0.05, 0) is 31.9 Å². The Morgan fingerprint density at radius 1 is 1.33 bits per heavy atom. The van der Waals surface area contributed by atoms with E-state index >= 15 is 0 Å². The van der Waals surface area contributed by atoms with Crippen LogP contribution in [0.4, 0.5) is 16.2 Å². The highest BCUT2D eigenvalue weighted by molar-refractivity contribution is 5.96. The van der Waals surface area contributed by atoms with E-state index in [0.29, 0.717) is 0 Å². The minimum Gasteiger partial charge on any atom is -0.373 e. The van der Waals surface area contributed by atoms with Crippen molar-refractivity contribution in [1.82, 2.24) is 10.2 Å². The van der Waals surface area contributed by atoms with Crippen molar-refractivity contribution in [3.63, 3.8) is 0 Å². The first-order valence-electron chi connectivity index (χ1n) is 8.77. The highest BCUT2D eigenvalue weighted by atomic mass is 16.2. The van der Waals surface area contributed by atoms with E-state index in [2.05, 4.69) is 22.5 Å². The van der Waals surface area contributed by atoms with Crippen molar-refractivity contribution in [2.24, 2.45) is 0 Å². The minimum absolute atomic E-state index is 0.0627. The van der Waals surface area contributed by atoms with Gasteiger partial charge in [0, 0.05) is 19.6 Å². The van der Waals surface area contributed by atoms with Gasteiger partial charge < -0.3 is 20.4 Å². The van der Waals surface area contributed by atoms with Gasteiger partial charge in [0.15, 0.2) is 0 Å². The second kappa shape index (κ2) is 7.11. The van der Waals surface area contributed by atoms with E-state index in [0.717, 1.165) is 43.6 Å². The number of anilines is 2. The van der Waals surface area contributed by atoms with Crippen LogP contribution >= 0.6 is 0 Å². The number of hydrogen-bond donors (Lipinski definition) is 2. The summed E-state index contributed by atoms with van der Waals surface area (Å²) >= 11 is 0. The number of para-hydroxylation sites is 2. The van der Waals surface area contributed by atoms with Gasteiger partial charge in [0.1, 0.15) is 6.54 Å². The number of rotatable bonds is 3. The summed E-state index contributed by atoms with van der Waals surface area (Å²) in [6.45, 7) is 3.06. The van der Waals surface area contributed by atoms with Crippen LogP contribution in [0.25, 0.3) is 0 Å². The molecule has 1 saturated carbocycles. The number of piperazine rings is 1. The molecule has 6 heteroatoms. The van der Waals surface area contributed by atoms with Crippen molar-refractivity contribution in [2.75, 3.05) is 30.4 Å². The SMILES string of the molecule is CCN(C)c1ccccc1NC(=O)N1CC(=O)N[C@H]2CCCC[C@H]21. The first-order chi connectivity index (χ1) is 11.6. The Labute approximate surface area is 143 Å². The summed E-state index contributed by atoms with van der Waals surface area (Å²) < 4.78 is 0. The zero-order valence-corrected chi connectivity index (χ0v) is 14.4. The zero-order valence-electron chi connectivity index (χ0n) is 14.4. The average Bonchev–Trinajstić information content (AvgIpc) is 2.60. The number of hydrogen-bond acceptors (Lipinski definition) is 3. The second-order valence-electron chi connectivity index (χ2n) is 6.62. The molecule has 0 bridgehead atoms. The summed E-state index contributed by atoms with van der Waals surface area (Å²) in [5, 5.41) is 6.05. The summed E-state index contributed by atoms with van der Waals surface area (Å²) in [6.07, 6.45) is 4.13. The van der Waals surface area contributed by atoms with E-state index in [4.69, 9.17) is 0 Å². The van der Waals surface area contributed by atoms with Crippen molar-refractivity contribution >= 4 is 23.3 Å². The highest BCUT2D eigenvalue weighted by Gasteiger charge is 2.38. The van der Waals surface area contributed by atoms with Crippen molar-refractivity contribution in [3.8, 4) is 0 Å². The number of carbonyl (C=O) groups is 2. The number of fused-ring (bicyclic) bond motifs is 1. The van der Waals surface area contributed by atoms with Crippen LogP contribution in [-0.4, -0.2) is 49.1 Å². The molecule has 2 fully saturated rings. The molecule has 24 heavy (non-hydrogen) atoms. The maximum absolute atomic E-state index is 12.8. The topological polar surface area (TPSA) is 64.7 Å². The fraction of sp³-hybridized carbons (Fsp3) is 0.556. The molecule has 0 spiro atoms. The van der Waals surface area contributed by atoms with Gasteiger partial charge in [0.25, 0.3) is 0 Å². The fourth-order valence-electron chi connectivity index (χ4n) is 3.67. The predicted molar refractivity (Wildman–Crippen MR) is 95.3 cm³/mol. The van der Waals surface area contributed by atoms with E-state index in [9.17, 15) is 9.59 Å². The van der Waals surface area contributed by atoms with Gasteiger partial charge in [0.2, 0.25) is 5.91 Å². The van der Waals surface area contributed by atoms with Gasteiger partial charge in [-0.3, -0.25) is 4.79 Å². The van der Waals surface area contributed by atoms with E-state index in [-0.39, 0.29) is 30.6 Å². The van der Waals surface area contributed by atoms with Crippen LogP contribution in [0.5, 0.6) is 0 Å². The number of carbonyl (C=O) groups excluding carboxylic acids is 2. The molecule has 2 aliphatic rings. The number of amides is 3. The Kier molecular flexibility index (Phi) is 4.92. The zero-order chi connectivity index (χ0) is 17.1. The molecule has 1 aliphatic heterocycles. The van der Waals surface area contributed by atoms with Crippen molar-refractivity contribution in [1.29, 1.82) is 0 Å². The van der Waals surface area contributed by atoms with E-state index in [1.807, 2.05) is 31.3 Å². The number of nitrogens with zero attached hydrogens (tertiary/aromatic N) is 2. The molecule has 2 N–H and O–H groups in total. The lowest BCUT2D eigenvalue weighted by Gasteiger charge is -2.43. The average molecular weight is 330 g/mol. The molecular weight excluding hydrogens is 304 g/mol. The molecule has 130 valence electrons. The first kappa shape index (κ1) is 16.6. The maximum Gasteiger partial charge on any atom is 0.322 e. The molecular formula is C18H26N4O2. The molecule has 0 aromatic heterocycles. The summed E-state index contributed by atoms with van der Waals surface area (Å²) in [4.78, 5) is 28.6. The largest absolute Gasteiger partial charge is 0.373 e. The third-order valence-electron chi connectivity index (χ3n) is 5.08. The Morgan fingerprint density at radius 2 is 2.08 bits per heavy atom. The maximum atomic E-state index is 12.8. The van der Waals surface area contributed by atoms with Crippen LogP contribution in [0.1, 0.15) is 32.6 Å². The molecule has 0 radical (unpaired) electrons. The quantitative estimate of drug-likeness (QED) is 0.894. The summed E-state index contributed by atoms with van der Waals surface area (Å²) in [5.41, 5.74) is 1.76. The Hall–Kier alpha value is -2.24. The van der Waals surface area contributed by atoms with E-state index in [1.54, 1.807) is 4.90 Å². The summed E-state index contributed by atoms with van der Waals surface area (Å²) in [7, 11) is 2.00. The van der Waals surface area contributed by atoms with Crippen molar-refractivity contribution in [2.45, 2.75) is 44.7 Å². The van der Waals surface area contributed by atoms with Gasteiger partial charge >= 0.3 is 6.03 Å². The Bertz CT molecular complexity index is 619. The predicted octanol–water partition coefficient (Wildman–Crippen LogP) is 2.42. The van der Waals surface area contributed by atoms with E-state index < -0.39 is 0 Å². The van der Waals surface area contributed by atoms with Crippen LogP contribution in [0.2, 0.25) is 0 Å². The van der Waals surface area contributed by atoms with Gasteiger partial charge in [0.05, 0.1) is 17.4 Å². The van der Waals surface area contributed by atoms with Crippen LogP contribution in [0.15, 0.2) is 24.3 Å². The minimum atomic E-state index is -0.182. The van der Waals surface area contributed by atoms with Gasteiger partial charge in [-0.25, -0.2) is 4.79 Å². The standard InChI is InChI=1S/C18H26N4O2/c1-3-21(2)15-10-6-4-8-13(15)20-18(24)22-12-17(23)19-14-9-5-7-11-16(14)22/h4,6,8,10,14,16H,3,5,7,9,11-12H2,1-2H3,(H,19,23)(H,20,24)/t14-,16+/m0/s1. The molecule has 1 aliphatic carbocycles. The molecule has 3 amide bonds. The van der Waals surface area contributed by atoms with Crippen LogP contribution in [0, 0.1) is 0 Å². The van der Waals surface area contributed by atoms with Crippen LogP contribution in [-0.2, 0) is 4.79 Å². The summed E-state index contributed by atoms with van der Waals surface area (Å²) in [6, 6.07) is 7.79. The number of urea groups is 1. The normalized spacial score (nSPS) is 23.2. The monoisotopic (exact) mass is 330 g/mol. The molecule has 0 unspecified atom stereocenters. The third-order valence-corrected chi connectivity index (χ3v) is 5.08. The Balaban J connectivity index is 1.78. The van der Waals surface area contributed by atoms with E-state index in [1.165, 1.54) is 0 Å². The van der Waals surface area contributed by atoms with Crippen LogP contribution < -0.4 is 15.5 Å². The first-order valence-corrected chi connectivity index (χ1v) is 8.77. The van der Waals surface area contributed by atoms with Crippen molar-refractivity contribution < 1.29 is 9.59 Å². The molecule has 6 nitrogen and oxygen atoms in total.